The van der Waals surface area contributed by atoms with Gasteiger partial charge in [0, 0.05) is 29.9 Å². The Hall–Kier alpha value is -2.95. The quantitative estimate of drug-likeness (QED) is 0.582. The van der Waals surface area contributed by atoms with Crippen molar-refractivity contribution in [3.63, 3.8) is 0 Å². The van der Waals surface area contributed by atoms with E-state index in [9.17, 15) is 22.4 Å². The molecule has 2 N–H and O–H groups in total. The Morgan fingerprint density at radius 1 is 1.35 bits per heavy atom. The first-order valence-electron chi connectivity index (χ1n) is 9.37. The number of carbonyl (C=O) groups is 1. The molecule has 4 rings (SSSR count). The molecule has 0 saturated carbocycles. The molecule has 0 unspecified atom stereocenters. The number of alkyl halides is 3. The Balaban J connectivity index is 1.70. The van der Waals surface area contributed by atoms with E-state index in [-0.39, 0.29) is 24.6 Å². The van der Waals surface area contributed by atoms with Gasteiger partial charge in [0.1, 0.15) is 17.7 Å². The first-order chi connectivity index (χ1) is 14.6. The summed E-state index contributed by atoms with van der Waals surface area (Å²) >= 11 is 6.02. The van der Waals surface area contributed by atoms with Gasteiger partial charge in [-0.05, 0) is 25.8 Å². The molecular weight excluding hydrogens is 440 g/mol. The number of hydrogen-bond donors (Lipinski definition) is 2. The van der Waals surface area contributed by atoms with Gasteiger partial charge in [-0.1, -0.05) is 11.6 Å². The van der Waals surface area contributed by atoms with Crippen molar-refractivity contribution in [3.05, 3.63) is 35.5 Å². The average Bonchev–Trinajstić information content (AvgIpc) is 3.30. The minimum absolute atomic E-state index is 0.156. The van der Waals surface area contributed by atoms with Crippen LogP contribution in [0.25, 0.3) is 22.4 Å². The third-order valence-corrected chi connectivity index (χ3v) is 5.51. The first-order valence-corrected chi connectivity index (χ1v) is 9.74. The summed E-state index contributed by atoms with van der Waals surface area (Å²) in [6, 6.07) is 1.66. The molecule has 4 heterocycles. The van der Waals surface area contributed by atoms with E-state index in [4.69, 9.17) is 11.6 Å². The highest BCUT2D eigenvalue weighted by Crippen LogP contribution is 2.36. The van der Waals surface area contributed by atoms with Crippen LogP contribution in [0.1, 0.15) is 19.8 Å². The summed E-state index contributed by atoms with van der Waals surface area (Å²) in [5, 5.41) is 2.91. The number of hydrogen-bond acceptors (Lipinski definition) is 5. The topological polar surface area (TPSA) is 86.8 Å². The number of halogens is 5. The highest BCUT2D eigenvalue weighted by Gasteiger charge is 2.46. The monoisotopic (exact) mass is 456 g/mol. The maximum absolute atomic E-state index is 14.7. The molecule has 1 aliphatic rings. The van der Waals surface area contributed by atoms with Gasteiger partial charge in [0.2, 0.25) is 5.91 Å². The zero-order chi connectivity index (χ0) is 22.4. The number of aromatic nitrogens is 4. The van der Waals surface area contributed by atoms with Crippen LogP contribution < -0.4 is 10.2 Å². The number of aromatic amines is 1. The van der Waals surface area contributed by atoms with Crippen LogP contribution >= 0.6 is 11.6 Å². The molecule has 0 radical (unpaired) electrons. The molecule has 1 aliphatic heterocycles. The highest BCUT2D eigenvalue weighted by molar-refractivity contribution is 6.31. The van der Waals surface area contributed by atoms with E-state index in [2.05, 4.69) is 19.9 Å². The Labute approximate surface area is 178 Å². The summed E-state index contributed by atoms with van der Waals surface area (Å²) in [6.45, 7) is 0.267. The second kappa shape index (κ2) is 7.63. The molecule has 3 aromatic heterocycles. The third kappa shape index (κ3) is 4.01. The minimum Gasteiger partial charge on any atom is -0.345 e. The van der Waals surface area contributed by atoms with Crippen LogP contribution in [0.4, 0.5) is 23.4 Å². The summed E-state index contributed by atoms with van der Waals surface area (Å²) in [6.07, 6.45) is 0.234. The van der Waals surface area contributed by atoms with E-state index in [1.165, 1.54) is 18.0 Å². The van der Waals surface area contributed by atoms with Crippen LogP contribution in [-0.4, -0.2) is 50.6 Å². The first kappa shape index (κ1) is 21.3. The maximum Gasteiger partial charge on any atom is 0.405 e. The Morgan fingerprint density at radius 3 is 2.87 bits per heavy atom. The van der Waals surface area contributed by atoms with Crippen molar-refractivity contribution in [3.8, 4) is 11.4 Å². The van der Waals surface area contributed by atoms with Crippen LogP contribution in [0.2, 0.25) is 5.02 Å². The number of nitrogens with one attached hydrogen (secondary N) is 2. The average molecular weight is 457 g/mol. The molecule has 12 heteroatoms. The second-order valence-electron chi connectivity index (χ2n) is 7.44. The fourth-order valence-electron chi connectivity index (χ4n) is 3.75. The van der Waals surface area contributed by atoms with Crippen molar-refractivity contribution in [1.82, 2.24) is 25.3 Å². The smallest absolute Gasteiger partial charge is 0.345 e. The lowest BCUT2D eigenvalue weighted by Gasteiger charge is -2.35. The van der Waals surface area contributed by atoms with E-state index in [1.54, 1.807) is 12.3 Å². The van der Waals surface area contributed by atoms with E-state index < -0.39 is 30.0 Å². The van der Waals surface area contributed by atoms with Crippen molar-refractivity contribution >= 4 is 34.4 Å². The number of pyridine rings is 1. The minimum atomic E-state index is -4.55. The molecule has 0 aliphatic carbocycles. The van der Waals surface area contributed by atoms with Gasteiger partial charge in [-0.25, -0.2) is 19.3 Å². The molecular formula is C19H17ClF4N6O. The molecule has 1 fully saturated rings. The van der Waals surface area contributed by atoms with Gasteiger partial charge in [0.15, 0.2) is 17.5 Å². The van der Waals surface area contributed by atoms with E-state index >= 15 is 0 Å². The van der Waals surface area contributed by atoms with Crippen LogP contribution in [-0.2, 0) is 4.79 Å². The zero-order valence-corrected chi connectivity index (χ0v) is 17.0. The highest BCUT2D eigenvalue weighted by atomic mass is 35.5. The van der Waals surface area contributed by atoms with Crippen molar-refractivity contribution in [2.45, 2.75) is 31.5 Å². The molecule has 7 nitrogen and oxygen atoms in total. The van der Waals surface area contributed by atoms with Crippen LogP contribution in [0.3, 0.4) is 0 Å². The van der Waals surface area contributed by atoms with Gasteiger partial charge < -0.3 is 15.2 Å². The number of anilines is 1. The van der Waals surface area contributed by atoms with Crippen molar-refractivity contribution < 1.29 is 22.4 Å². The van der Waals surface area contributed by atoms with Gasteiger partial charge in [0.25, 0.3) is 0 Å². The lowest BCUT2D eigenvalue weighted by molar-refractivity contribution is -0.141. The largest absolute Gasteiger partial charge is 0.405 e. The predicted octanol–water partition coefficient (Wildman–Crippen LogP) is 3.85. The van der Waals surface area contributed by atoms with Crippen LogP contribution in [0.5, 0.6) is 0 Å². The van der Waals surface area contributed by atoms with Gasteiger partial charge in [0.05, 0.1) is 11.2 Å². The summed E-state index contributed by atoms with van der Waals surface area (Å²) in [5.74, 6) is -1.62. The molecule has 0 aromatic carbocycles. The molecule has 164 valence electrons. The number of amides is 1. The third-order valence-electron chi connectivity index (χ3n) is 5.30. The van der Waals surface area contributed by atoms with E-state index in [0.29, 0.717) is 28.0 Å². The number of nitrogens with zero attached hydrogens (tertiary/aromatic N) is 4. The SMILES string of the molecule is C[C@@]1(C(=O)NCC(F)(F)F)CCCN1c1nc(-c2c[nH]c3ncc(Cl)cc23)ncc1F. The molecule has 1 atom stereocenters. The van der Waals surface area contributed by atoms with Gasteiger partial charge in [-0.15, -0.1) is 0 Å². The lowest BCUT2D eigenvalue weighted by atomic mass is 9.97. The molecule has 1 saturated heterocycles. The second-order valence-corrected chi connectivity index (χ2v) is 7.88. The molecule has 1 amide bonds. The van der Waals surface area contributed by atoms with Crippen molar-refractivity contribution in [2.24, 2.45) is 0 Å². The predicted molar refractivity (Wildman–Crippen MR) is 106 cm³/mol. The van der Waals surface area contributed by atoms with Crippen LogP contribution in [0, 0.1) is 5.82 Å². The van der Waals surface area contributed by atoms with Crippen molar-refractivity contribution in [1.29, 1.82) is 0 Å². The van der Waals surface area contributed by atoms with Crippen molar-refractivity contribution in [2.75, 3.05) is 18.0 Å². The molecule has 3 aromatic rings. The number of rotatable bonds is 4. The Kier molecular flexibility index (Phi) is 5.24. The molecule has 31 heavy (non-hydrogen) atoms. The standard InChI is InChI=1S/C19H17ClF4N6O/c1-18(17(31)28-9-19(22,23)24)3-2-4-30(18)16-13(21)8-27-15(29-16)12-7-26-14-11(12)5-10(20)6-25-14/h5-8H,2-4,9H2,1H3,(H,25,26)(H,28,31)/t18-/m0/s1. The Bertz CT molecular complexity index is 1150. The van der Waals surface area contributed by atoms with Gasteiger partial charge >= 0.3 is 6.18 Å². The van der Waals surface area contributed by atoms with E-state index in [1.807, 2.05) is 5.32 Å². The zero-order valence-electron chi connectivity index (χ0n) is 16.2. The number of carbonyl (C=O) groups excluding carboxylic acids is 1. The van der Waals surface area contributed by atoms with Gasteiger partial charge in [-0.3, -0.25) is 4.79 Å². The van der Waals surface area contributed by atoms with E-state index in [0.717, 1.165) is 6.20 Å². The fraction of sp³-hybridized carbons (Fsp3) is 0.368. The normalized spacial score (nSPS) is 19.2. The fourth-order valence-corrected chi connectivity index (χ4v) is 3.91. The Morgan fingerprint density at radius 2 is 2.13 bits per heavy atom. The lowest BCUT2D eigenvalue weighted by Crippen LogP contribution is -2.55. The maximum atomic E-state index is 14.7. The number of H-pyrrole nitrogens is 1. The summed E-state index contributed by atoms with van der Waals surface area (Å²) in [4.78, 5) is 29.4. The number of fused-ring (bicyclic) bond motifs is 1. The van der Waals surface area contributed by atoms with Gasteiger partial charge in [-0.2, -0.15) is 13.2 Å². The summed E-state index contributed by atoms with van der Waals surface area (Å²) in [5.41, 5.74) is -0.330. The summed E-state index contributed by atoms with van der Waals surface area (Å²) in [7, 11) is 0. The molecule has 0 bridgehead atoms. The van der Waals surface area contributed by atoms with Crippen LogP contribution in [0.15, 0.2) is 24.7 Å². The summed E-state index contributed by atoms with van der Waals surface area (Å²) < 4.78 is 52.4. The molecule has 0 spiro atoms.